The summed E-state index contributed by atoms with van der Waals surface area (Å²) in [4.78, 5) is 11.5. The Bertz CT molecular complexity index is 190. The fourth-order valence-electron chi connectivity index (χ4n) is 1.52. The minimum Gasteiger partial charge on any atom is -1.00 e. The summed E-state index contributed by atoms with van der Waals surface area (Å²) in [6, 6.07) is 0. The maximum Gasteiger partial charge on any atom is 0.310 e. The molecular weight excluding hydrogens is 317 g/mol. The molecule has 0 aliphatic heterocycles. The highest BCUT2D eigenvalue weighted by atomic mass is 127. The molecule has 0 aromatic carbocycles. The molecule has 0 aromatic rings. The van der Waals surface area contributed by atoms with Gasteiger partial charge in [-0.1, -0.05) is 26.7 Å². The second-order valence-corrected chi connectivity index (χ2v) is 4.93. The number of halogens is 1. The van der Waals surface area contributed by atoms with Gasteiger partial charge in [0, 0.05) is 12.8 Å². The van der Waals surface area contributed by atoms with E-state index in [4.69, 9.17) is 4.74 Å². The van der Waals surface area contributed by atoms with E-state index in [1.54, 1.807) is 0 Å². The monoisotopic (exact) mass is 343 g/mol. The fourth-order valence-corrected chi connectivity index (χ4v) is 1.52. The molecule has 16 heavy (non-hydrogen) atoms. The van der Waals surface area contributed by atoms with E-state index in [0.717, 1.165) is 25.7 Å². The van der Waals surface area contributed by atoms with Crippen LogP contribution in [0.2, 0.25) is 0 Å². The molecule has 0 spiro atoms. The van der Waals surface area contributed by atoms with E-state index >= 15 is 0 Å². The van der Waals surface area contributed by atoms with Gasteiger partial charge in [-0.3, -0.25) is 9.28 Å². The lowest BCUT2D eigenvalue weighted by molar-refractivity contribution is -0.917. The van der Waals surface area contributed by atoms with Gasteiger partial charge >= 0.3 is 5.97 Å². The van der Waals surface area contributed by atoms with Crippen molar-refractivity contribution in [3.8, 4) is 0 Å². The Labute approximate surface area is 117 Å². The molecule has 3 nitrogen and oxygen atoms in total. The summed E-state index contributed by atoms with van der Waals surface area (Å²) in [7, 11) is 6.15. The zero-order valence-corrected chi connectivity index (χ0v) is 13.4. The molecule has 0 bridgehead atoms. The SMILES string of the molecule is CCCCCC(=O)OC(CC)[N+](C)(C)C.[I-]. The second-order valence-electron chi connectivity index (χ2n) is 4.93. The summed E-state index contributed by atoms with van der Waals surface area (Å²) in [6.45, 7) is 4.18. The van der Waals surface area contributed by atoms with Crippen molar-refractivity contribution < 1.29 is 38.0 Å². The van der Waals surface area contributed by atoms with Crippen LogP contribution in [-0.2, 0) is 9.53 Å². The predicted molar refractivity (Wildman–Crippen MR) is 62.3 cm³/mol. The van der Waals surface area contributed by atoms with Gasteiger partial charge in [0.25, 0.3) is 0 Å². The van der Waals surface area contributed by atoms with Gasteiger partial charge in [-0.05, 0) is 6.42 Å². The highest BCUT2D eigenvalue weighted by molar-refractivity contribution is 5.69. The first-order chi connectivity index (χ1) is 6.91. The molecule has 0 aliphatic rings. The highest BCUT2D eigenvalue weighted by Crippen LogP contribution is 2.11. The second kappa shape index (κ2) is 9.22. The van der Waals surface area contributed by atoms with Gasteiger partial charge in [-0.25, -0.2) is 0 Å². The van der Waals surface area contributed by atoms with Crippen LogP contribution in [0.15, 0.2) is 0 Å². The summed E-state index contributed by atoms with van der Waals surface area (Å²) in [5.41, 5.74) is 0. The number of hydrogen-bond donors (Lipinski definition) is 0. The predicted octanol–water partition coefficient (Wildman–Crippen LogP) is -0.444. The van der Waals surface area contributed by atoms with Crippen molar-refractivity contribution in [2.75, 3.05) is 21.1 Å². The molecule has 98 valence electrons. The number of quaternary nitrogens is 1. The minimum absolute atomic E-state index is 0. The van der Waals surface area contributed by atoms with Crippen LogP contribution in [-0.4, -0.2) is 37.8 Å². The Morgan fingerprint density at radius 3 is 2.12 bits per heavy atom. The van der Waals surface area contributed by atoms with Crippen molar-refractivity contribution in [2.24, 2.45) is 0 Å². The molecule has 1 unspecified atom stereocenters. The van der Waals surface area contributed by atoms with Crippen molar-refractivity contribution in [1.82, 2.24) is 0 Å². The van der Waals surface area contributed by atoms with Gasteiger partial charge in [0.05, 0.1) is 21.1 Å². The van der Waals surface area contributed by atoms with Crippen LogP contribution in [0.5, 0.6) is 0 Å². The van der Waals surface area contributed by atoms with Crippen LogP contribution in [0.4, 0.5) is 0 Å². The number of ether oxygens (including phenoxy) is 1. The molecule has 0 saturated carbocycles. The van der Waals surface area contributed by atoms with E-state index in [9.17, 15) is 4.79 Å². The van der Waals surface area contributed by atoms with E-state index in [0.29, 0.717) is 10.9 Å². The zero-order valence-electron chi connectivity index (χ0n) is 11.3. The van der Waals surface area contributed by atoms with Gasteiger partial charge in [-0.2, -0.15) is 0 Å². The Hall–Kier alpha value is 0.160. The summed E-state index contributed by atoms with van der Waals surface area (Å²) in [5, 5.41) is 0. The normalized spacial score (nSPS) is 12.8. The Morgan fingerprint density at radius 2 is 1.75 bits per heavy atom. The maximum atomic E-state index is 11.5. The van der Waals surface area contributed by atoms with Crippen LogP contribution < -0.4 is 24.0 Å². The number of unbranched alkanes of at least 4 members (excludes halogenated alkanes) is 2. The van der Waals surface area contributed by atoms with Gasteiger partial charge in [0.1, 0.15) is 0 Å². The number of hydrogen-bond acceptors (Lipinski definition) is 2. The van der Waals surface area contributed by atoms with Crippen LogP contribution in [0.1, 0.15) is 46.0 Å². The molecular formula is C12H26INO2. The first-order valence-electron chi connectivity index (χ1n) is 5.92. The fraction of sp³-hybridized carbons (Fsp3) is 0.917. The molecule has 0 rings (SSSR count). The number of nitrogens with zero attached hydrogens (tertiary/aromatic N) is 1. The first-order valence-corrected chi connectivity index (χ1v) is 5.92. The van der Waals surface area contributed by atoms with Gasteiger partial charge in [0.15, 0.2) is 0 Å². The smallest absolute Gasteiger partial charge is 0.310 e. The van der Waals surface area contributed by atoms with Crippen molar-refractivity contribution in [1.29, 1.82) is 0 Å². The van der Waals surface area contributed by atoms with Gasteiger partial charge in [-0.15, -0.1) is 0 Å². The number of rotatable bonds is 7. The Balaban J connectivity index is 0. The Kier molecular flexibility index (Phi) is 10.7. The lowest BCUT2D eigenvalue weighted by Crippen LogP contribution is -3.00. The average Bonchev–Trinajstić information content (AvgIpc) is 2.12. The van der Waals surface area contributed by atoms with E-state index < -0.39 is 0 Å². The third-order valence-corrected chi connectivity index (χ3v) is 2.47. The summed E-state index contributed by atoms with van der Waals surface area (Å²) in [6.07, 6.45) is 4.60. The lowest BCUT2D eigenvalue weighted by atomic mass is 10.2. The van der Waals surface area contributed by atoms with E-state index in [1.165, 1.54) is 0 Å². The van der Waals surface area contributed by atoms with Crippen LogP contribution in [0, 0.1) is 0 Å². The zero-order chi connectivity index (χ0) is 11.9. The number of carbonyl (C=O) groups is 1. The molecule has 0 saturated heterocycles. The minimum atomic E-state index is -0.0525. The topological polar surface area (TPSA) is 26.3 Å². The number of esters is 1. The van der Waals surface area contributed by atoms with E-state index in [-0.39, 0.29) is 36.2 Å². The van der Waals surface area contributed by atoms with Gasteiger partial charge < -0.3 is 28.7 Å². The van der Waals surface area contributed by atoms with Crippen LogP contribution in [0.25, 0.3) is 0 Å². The molecule has 0 N–H and O–H groups in total. The summed E-state index contributed by atoms with van der Waals surface area (Å²) < 4.78 is 6.12. The van der Waals surface area contributed by atoms with E-state index in [1.807, 2.05) is 28.1 Å². The van der Waals surface area contributed by atoms with Crippen molar-refractivity contribution >= 4 is 5.97 Å². The molecule has 0 heterocycles. The molecule has 0 radical (unpaired) electrons. The van der Waals surface area contributed by atoms with E-state index in [2.05, 4.69) is 6.92 Å². The lowest BCUT2D eigenvalue weighted by Gasteiger charge is -2.32. The Morgan fingerprint density at radius 1 is 1.19 bits per heavy atom. The molecule has 0 aromatic heterocycles. The molecule has 0 aliphatic carbocycles. The molecule has 4 heteroatoms. The third-order valence-electron chi connectivity index (χ3n) is 2.47. The third kappa shape index (κ3) is 8.33. The first kappa shape index (κ1) is 18.5. The molecule has 1 atom stereocenters. The largest absolute Gasteiger partial charge is 1.00 e. The van der Waals surface area contributed by atoms with Crippen molar-refractivity contribution in [3.63, 3.8) is 0 Å². The average molecular weight is 343 g/mol. The summed E-state index contributed by atoms with van der Waals surface area (Å²) >= 11 is 0. The molecule has 0 fully saturated rings. The maximum absolute atomic E-state index is 11.5. The highest BCUT2D eigenvalue weighted by Gasteiger charge is 2.25. The van der Waals surface area contributed by atoms with Gasteiger partial charge in [0.2, 0.25) is 6.23 Å². The molecule has 0 amide bonds. The van der Waals surface area contributed by atoms with Crippen molar-refractivity contribution in [2.45, 2.75) is 52.2 Å². The summed E-state index contributed by atoms with van der Waals surface area (Å²) in [5.74, 6) is -0.0525. The number of carbonyl (C=O) groups excluding carboxylic acids is 1. The van der Waals surface area contributed by atoms with Crippen LogP contribution >= 0.6 is 0 Å². The standard InChI is InChI=1S/C12H26NO2.HI/c1-6-8-9-10-12(14)15-11(7-2)13(3,4)5;/h11H,6-10H2,1-5H3;1H/q+1;/p-1. The van der Waals surface area contributed by atoms with Crippen molar-refractivity contribution in [3.05, 3.63) is 0 Å². The quantitative estimate of drug-likeness (QED) is 0.206. The van der Waals surface area contributed by atoms with Crippen LogP contribution in [0.3, 0.4) is 0 Å².